The zero-order chi connectivity index (χ0) is 11.3. The first-order chi connectivity index (χ1) is 7.11. The van der Waals surface area contributed by atoms with E-state index in [0.29, 0.717) is 12.2 Å². The lowest BCUT2D eigenvalue weighted by atomic mass is 10.2. The number of nitrogens with zero attached hydrogens (tertiary/aromatic N) is 1. The lowest BCUT2D eigenvalue weighted by Crippen LogP contribution is -2.29. The van der Waals surface area contributed by atoms with E-state index in [4.69, 9.17) is 5.73 Å². The van der Waals surface area contributed by atoms with Crippen LogP contribution in [0.1, 0.15) is 29.4 Å². The van der Waals surface area contributed by atoms with Gasteiger partial charge in [-0.15, -0.1) is 0 Å². The normalized spacial score (nSPS) is 12.2. The van der Waals surface area contributed by atoms with Crippen LogP contribution in [-0.4, -0.2) is 23.5 Å². The molecule has 15 heavy (non-hydrogen) atoms. The highest BCUT2D eigenvalue weighted by molar-refractivity contribution is 5.93. The Bertz CT molecular complexity index is 336. The van der Waals surface area contributed by atoms with Crippen LogP contribution in [0.25, 0.3) is 0 Å². The van der Waals surface area contributed by atoms with Gasteiger partial charge in [0, 0.05) is 18.8 Å². The average molecular weight is 207 g/mol. The van der Waals surface area contributed by atoms with Crippen molar-refractivity contribution in [3.63, 3.8) is 0 Å². The highest BCUT2D eigenvalue weighted by Crippen LogP contribution is 2.02. The topological polar surface area (TPSA) is 68.0 Å². The second-order valence-corrected chi connectivity index (χ2v) is 3.69. The Balaban J connectivity index is 2.51. The number of rotatable bonds is 4. The zero-order valence-electron chi connectivity index (χ0n) is 9.16. The van der Waals surface area contributed by atoms with Gasteiger partial charge in [-0.05, 0) is 31.9 Å². The molecule has 0 aromatic carbocycles. The van der Waals surface area contributed by atoms with Gasteiger partial charge < -0.3 is 11.1 Å². The molecule has 1 aromatic heterocycles. The predicted molar refractivity (Wildman–Crippen MR) is 59.6 cm³/mol. The van der Waals surface area contributed by atoms with Crippen LogP contribution in [-0.2, 0) is 0 Å². The predicted octanol–water partition coefficient (Wildman–Crippen LogP) is 0.857. The van der Waals surface area contributed by atoms with E-state index in [9.17, 15) is 4.79 Å². The second kappa shape index (κ2) is 5.46. The Labute approximate surface area is 89.9 Å². The van der Waals surface area contributed by atoms with Crippen molar-refractivity contribution >= 4 is 5.91 Å². The minimum absolute atomic E-state index is 0.107. The molecule has 4 nitrogen and oxygen atoms in total. The highest BCUT2D eigenvalue weighted by atomic mass is 16.1. The van der Waals surface area contributed by atoms with Crippen LogP contribution in [0, 0.1) is 6.92 Å². The number of nitrogens with one attached hydrogen (secondary N) is 1. The summed E-state index contributed by atoms with van der Waals surface area (Å²) >= 11 is 0. The fraction of sp³-hybridized carbons (Fsp3) is 0.455. The Hall–Kier alpha value is -1.42. The Morgan fingerprint density at radius 2 is 2.40 bits per heavy atom. The van der Waals surface area contributed by atoms with E-state index in [2.05, 4.69) is 10.3 Å². The minimum Gasteiger partial charge on any atom is -0.351 e. The Morgan fingerprint density at radius 1 is 1.67 bits per heavy atom. The molecule has 82 valence electrons. The minimum atomic E-state index is -0.131. The zero-order valence-corrected chi connectivity index (χ0v) is 9.16. The molecule has 4 heteroatoms. The molecule has 0 spiro atoms. The number of aromatic nitrogens is 1. The molecule has 0 bridgehead atoms. The molecule has 1 rings (SSSR count). The van der Waals surface area contributed by atoms with Gasteiger partial charge in [0.15, 0.2) is 0 Å². The number of carbonyl (C=O) groups excluding carboxylic acids is 1. The van der Waals surface area contributed by atoms with E-state index in [1.807, 2.05) is 26.0 Å². The van der Waals surface area contributed by atoms with E-state index in [0.717, 1.165) is 12.0 Å². The fourth-order valence-corrected chi connectivity index (χ4v) is 1.22. The van der Waals surface area contributed by atoms with Gasteiger partial charge in [0.1, 0.15) is 5.69 Å². The van der Waals surface area contributed by atoms with Crippen molar-refractivity contribution in [3.05, 3.63) is 29.6 Å². The van der Waals surface area contributed by atoms with Crippen molar-refractivity contribution in [2.75, 3.05) is 6.54 Å². The van der Waals surface area contributed by atoms with Gasteiger partial charge in [-0.1, -0.05) is 6.07 Å². The maximum atomic E-state index is 11.6. The van der Waals surface area contributed by atoms with E-state index in [1.165, 1.54) is 0 Å². The van der Waals surface area contributed by atoms with Crippen molar-refractivity contribution in [1.82, 2.24) is 10.3 Å². The third-order valence-electron chi connectivity index (χ3n) is 2.11. The number of pyridine rings is 1. The molecule has 0 saturated heterocycles. The molecule has 1 amide bonds. The summed E-state index contributed by atoms with van der Waals surface area (Å²) in [5, 5.41) is 2.79. The number of nitrogens with two attached hydrogens (primary N) is 1. The van der Waals surface area contributed by atoms with Crippen LogP contribution < -0.4 is 11.1 Å². The number of aryl methyl sites for hydroxylation is 1. The number of amides is 1. The first kappa shape index (κ1) is 11.7. The third kappa shape index (κ3) is 3.67. The summed E-state index contributed by atoms with van der Waals surface area (Å²) in [6.45, 7) is 4.37. The lowest BCUT2D eigenvalue weighted by Gasteiger charge is -2.07. The van der Waals surface area contributed by atoms with E-state index in [1.54, 1.807) is 6.20 Å². The summed E-state index contributed by atoms with van der Waals surface area (Å²) in [7, 11) is 0. The van der Waals surface area contributed by atoms with Crippen molar-refractivity contribution in [1.29, 1.82) is 0 Å². The van der Waals surface area contributed by atoms with Crippen molar-refractivity contribution in [3.8, 4) is 0 Å². The Morgan fingerprint density at radius 3 is 3.00 bits per heavy atom. The smallest absolute Gasteiger partial charge is 0.270 e. The monoisotopic (exact) mass is 207 g/mol. The Kier molecular flexibility index (Phi) is 4.24. The first-order valence-electron chi connectivity index (χ1n) is 5.06. The van der Waals surface area contributed by atoms with Crippen LogP contribution in [0.4, 0.5) is 0 Å². The van der Waals surface area contributed by atoms with Crippen molar-refractivity contribution in [2.24, 2.45) is 5.73 Å². The van der Waals surface area contributed by atoms with Crippen LogP contribution in [0.15, 0.2) is 18.3 Å². The molecule has 3 N–H and O–H groups in total. The van der Waals surface area contributed by atoms with Crippen molar-refractivity contribution < 1.29 is 4.79 Å². The number of hydrogen-bond donors (Lipinski definition) is 2. The molecule has 0 aliphatic heterocycles. The standard InChI is InChI=1S/C11H17N3O/c1-8-4-3-6-13-10(8)11(15)14-7-5-9(2)12/h3-4,6,9H,5,7,12H2,1-2H3,(H,14,15). The molecular weight excluding hydrogens is 190 g/mol. The molecule has 0 fully saturated rings. The van der Waals surface area contributed by atoms with E-state index in [-0.39, 0.29) is 11.9 Å². The largest absolute Gasteiger partial charge is 0.351 e. The summed E-state index contributed by atoms with van der Waals surface area (Å²) in [4.78, 5) is 15.7. The molecule has 0 radical (unpaired) electrons. The van der Waals surface area contributed by atoms with Crippen molar-refractivity contribution in [2.45, 2.75) is 26.3 Å². The fourth-order valence-electron chi connectivity index (χ4n) is 1.22. The van der Waals surface area contributed by atoms with E-state index >= 15 is 0 Å². The molecule has 0 saturated carbocycles. The molecule has 1 heterocycles. The number of hydrogen-bond acceptors (Lipinski definition) is 3. The van der Waals surface area contributed by atoms with Gasteiger partial charge in [-0.25, -0.2) is 0 Å². The molecular formula is C11H17N3O. The SMILES string of the molecule is Cc1cccnc1C(=O)NCCC(C)N. The third-order valence-corrected chi connectivity index (χ3v) is 2.11. The number of carbonyl (C=O) groups is 1. The maximum Gasteiger partial charge on any atom is 0.270 e. The van der Waals surface area contributed by atoms with Gasteiger partial charge in [-0.2, -0.15) is 0 Å². The van der Waals surface area contributed by atoms with Gasteiger partial charge in [-0.3, -0.25) is 9.78 Å². The highest BCUT2D eigenvalue weighted by Gasteiger charge is 2.08. The second-order valence-electron chi connectivity index (χ2n) is 3.69. The van der Waals surface area contributed by atoms with Gasteiger partial charge in [0.05, 0.1) is 0 Å². The van der Waals surface area contributed by atoms with Crippen LogP contribution in [0.3, 0.4) is 0 Å². The molecule has 1 aromatic rings. The van der Waals surface area contributed by atoms with Gasteiger partial charge in [0.2, 0.25) is 0 Å². The summed E-state index contributed by atoms with van der Waals surface area (Å²) in [6, 6.07) is 3.79. The van der Waals surface area contributed by atoms with Gasteiger partial charge >= 0.3 is 0 Å². The molecule has 0 aliphatic rings. The lowest BCUT2D eigenvalue weighted by molar-refractivity contribution is 0.0947. The summed E-state index contributed by atoms with van der Waals surface area (Å²) in [5.41, 5.74) is 6.95. The van der Waals surface area contributed by atoms with Gasteiger partial charge in [0.25, 0.3) is 5.91 Å². The van der Waals surface area contributed by atoms with Crippen LogP contribution in [0.5, 0.6) is 0 Å². The van der Waals surface area contributed by atoms with Crippen LogP contribution in [0.2, 0.25) is 0 Å². The van der Waals surface area contributed by atoms with Crippen LogP contribution >= 0.6 is 0 Å². The first-order valence-corrected chi connectivity index (χ1v) is 5.06. The average Bonchev–Trinajstić information content (AvgIpc) is 2.17. The maximum absolute atomic E-state index is 11.6. The molecule has 0 aliphatic carbocycles. The van der Waals surface area contributed by atoms with E-state index < -0.39 is 0 Å². The summed E-state index contributed by atoms with van der Waals surface area (Å²) < 4.78 is 0. The summed E-state index contributed by atoms with van der Waals surface area (Å²) in [6.07, 6.45) is 2.39. The summed E-state index contributed by atoms with van der Waals surface area (Å²) in [5.74, 6) is -0.131. The molecule has 1 unspecified atom stereocenters. The quantitative estimate of drug-likeness (QED) is 0.769. The molecule has 1 atom stereocenters.